The molecule has 0 bridgehead atoms. The van der Waals surface area contributed by atoms with Crippen LogP contribution in [0.4, 0.5) is 0 Å². The highest BCUT2D eigenvalue weighted by atomic mass is 16.3. The van der Waals surface area contributed by atoms with Crippen molar-refractivity contribution >= 4 is 6.34 Å². The van der Waals surface area contributed by atoms with Gasteiger partial charge in [-0.1, -0.05) is 12.8 Å². The molecule has 0 radical (unpaired) electrons. The fourth-order valence-electron chi connectivity index (χ4n) is 1.59. The first-order chi connectivity index (χ1) is 6.49. The molecule has 1 rings (SSSR count). The van der Waals surface area contributed by atoms with Gasteiger partial charge in [0, 0.05) is 5.54 Å². The minimum absolute atomic E-state index is 0.0586. The molecule has 3 heteroatoms. The summed E-state index contributed by atoms with van der Waals surface area (Å²) in [6.07, 6.45) is 5.76. The van der Waals surface area contributed by atoms with E-state index in [4.69, 9.17) is 0 Å². The van der Waals surface area contributed by atoms with Crippen molar-refractivity contribution in [1.29, 1.82) is 0 Å². The second-order valence-corrected chi connectivity index (χ2v) is 5.09. The molecule has 2 N–H and O–H groups in total. The molecule has 2 atom stereocenters. The van der Waals surface area contributed by atoms with Crippen molar-refractivity contribution in [1.82, 2.24) is 5.32 Å². The molecular formula is C11H22N2O. The van der Waals surface area contributed by atoms with Gasteiger partial charge in [-0.15, -0.1) is 0 Å². The van der Waals surface area contributed by atoms with Crippen LogP contribution in [0.5, 0.6) is 0 Å². The summed E-state index contributed by atoms with van der Waals surface area (Å²) in [6.45, 7) is 6.28. The first-order valence-corrected chi connectivity index (χ1v) is 5.46. The van der Waals surface area contributed by atoms with Crippen molar-refractivity contribution < 1.29 is 5.11 Å². The predicted molar refractivity (Wildman–Crippen MR) is 59.6 cm³/mol. The van der Waals surface area contributed by atoms with E-state index in [9.17, 15) is 5.11 Å². The number of nitrogens with zero attached hydrogens (tertiary/aromatic N) is 1. The highest BCUT2D eigenvalue weighted by molar-refractivity contribution is 5.55. The van der Waals surface area contributed by atoms with Crippen LogP contribution >= 0.6 is 0 Å². The van der Waals surface area contributed by atoms with E-state index in [0.717, 1.165) is 19.3 Å². The lowest BCUT2D eigenvalue weighted by Crippen LogP contribution is -2.36. The maximum Gasteiger partial charge on any atom is 0.0832 e. The average molecular weight is 198 g/mol. The van der Waals surface area contributed by atoms with Crippen molar-refractivity contribution in [3.63, 3.8) is 0 Å². The van der Waals surface area contributed by atoms with Gasteiger partial charge in [0.2, 0.25) is 0 Å². The minimum atomic E-state index is -0.234. The largest absolute Gasteiger partial charge is 0.391 e. The van der Waals surface area contributed by atoms with Gasteiger partial charge in [0.05, 0.1) is 18.5 Å². The van der Waals surface area contributed by atoms with Gasteiger partial charge in [-0.05, 0) is 33.6 Å². The summed E-state index contributed by atoms with van der Waals surface area (Å²) < 4.78 is 0. The summed E-state index contributed by atoms with van der Waals surface area (Å²) in [5, 5.41) is 12.8. The molecule has 1 fully saturated rings. The van der Waals surface area contributed by atoms with E-state index in [-0.39, 0.29) is 17.7 Å². The van der Waals surface area contributed by atoms with E-state index in [1.54, 1.807) is 6.34 Å². The molecule has 0 aromatic heterocycles. The summed E-state index contributed by atoms with van der Waals surface area (Å²) in [5.74, 6) is 0. The lowest BCUT2D eigenvalue weighted by atomic mass is 9.93. The SMILES string of the molecule is CC(C)(C)NC=NC1CCCCC1O. The molecule has 82 valence electrons. The zero-order chi connectivity index (χ0) is 10.6. The van der Waals surface area contributed by atoms with Gasteiger partial charge >= 0.3 is 0 Å². The normalized spacial score (nSPS) is 29.4. The van der Waals surface area contributed by atoms with Gasteiger partial charge < -0.3 is 10.4 Å². The van der Waals surface area contributed by atoms with E-state index in [1.165, 1.54) is 6.42 Å². The van der Waals surface area contributed by atoms with E-state index in [1.807, 2.05) is 0 Å². The zero-order valence-corrected chi connectivity index (χ0v) is 9.45. The topological polar surface area (TPSA) is 44.6 Å². The molecule has 0 heterocycles. The van der Waals surface area contributed by atoms with Gasteiger partial charge in [-0.2, -0.15) is 0 Å². The smallest absolute Gasteiger partial charge is 0.0832 e. The summed E-state index contributed by atoms with van der Waals surface area (Å²) >= 11 is 0. The van der Waals surface area contributed by atoms with Gasteiger partial charge in [0.25, 0.3) is 0 Å². The molecule has 1 aliphatic rings. The second kappa shape index (κ2) is 4.78. The maximum atomic E-state index is 9.66. The number of nitrogens with one attached hydrogen (secondary N) is 1. The summed E-state index contributed by atoms with van der Waals surface area (Å²) in [5.41, 5.74) is 0.0586. The Kier molecular flexibility index (Phi) is 3.93. The fraction of sp³-hybridized carbons (Fsp3) is 0.909. The summed E-state index contributed by atoms with van der Waals surface area (Å²) in [4.78, 5) is 4.36. The Hall–Kier alpha value is -0.570. The van der Waals surface area contributed by atoms with Crippen LogP contribution in [0.15, 0.2) is 4.99 Å². The molecule has 0 saturated heterocycles. The highest BCUT2D eigenvalue weighted by Gasteiger charge is 2.21. The minimum Gasteiger partial charge on any atom is -0.391 e. The quantitative estimate of drug-likeness (QED) is 0.524. The second-order valence-electron chi connectivity index (χ2n) is 5.09. The fourth-order valence-corrected chi connectivity index (χ4v) is 1.59. The first-order valence-electron chi connectivity index (χ1n) is 5.46. The Balaban J connectivity index is 2.34. The maximum absolute atomic E-state index is 9.66. The van der Waals surface area contributed by atoms with Crippen molar-refractivity contribution in [2.24, 2.45) is 4.99 Å². The molecule has 2 unspecified atom stereocenters. The van der Waals surface area contributed by atoms with Crippen LogP contribution in [0.2, 0.25) is 0 Å². The van der Waals surface area contributed by atoms with Crippen LogP contribution in [-0.4, -0.2) is 29.1 Å². The van der Waals surface area contributed by atoms with E-state index in [0.29, 0.717) is 0 Å². The number of rotatable bonds is 2. The van der Waals surface area contributed by atoms with Crippen LogP contribution in [0.1, 0.15) is 46.5 Å². The van der Waals surface area contributed by atoms with Crippen molar-refractivity contribution in [2.75, 3.05) is 0 Å². The van der Waals surface area contributed by atoms with Gasteiger partial charge in [-0.25, -0.2) is 0 Å². The van der Waals surface area contributed by atoms with Crippen LogP contribution in [0.25, 0.3) is 0 Å². The first kappa shape index (κ1) is 11.5. The molecule has 0 spiro atoms. The molecule has 1 saturated carbocycles. The molecular weight excluding hydrogens is 176 g/mol. The Morgan fingerprint density at radius 2 is 1.93 bits per heavy atom. The molecule has 0 aromatic carbocycles. The number of hydrogen-bond acceptors (Lipinski definition) is 2. The Morgan fingerprint density at radius 1 is 1.29 bits per heavy atom. The Labute approximate surface area is 86.6 Å². The van der Waals surface area contributed by atoms with Gasteiger partial charge in [0.1, 0.15) is 0 Å². The zero-order valence-electron chi connectivity index (χ0n) is 9.45. The molecule has 14 heavy (non-hydrogen) atoms. The van der Waals surface area contributed by atoms with Crippen LogP contribution in [0, 0.1) is 0 Å². The van der Waals surface area contributed by atoms with E-state index >= 15 is 0 Å². The van der Waals surface area contributed by atoms with Crippen LogP contribution in [-0.2, 0) is 0 Å². The molecule has 3 nitrogen and oxygen atoms in total. The average Bonchev–Trinajstić information content (AvgIpc) is 2.06. The number of aliphatic imine (C=N–C) groups is 1. The van der Waals surface area contributed by atoms with Gasteiger partial charge in [0.15, 0.2) is 0 Å². The highest BCUT2D eigenvalue weighted by Crippen LogP contribution is 2.20. The third-order valence-electron chi connectivity index (χ3n) is 2.46. The van der Waals surface area contributed by atoms with Crippen LogP contribution in [0.3, 0.4) is 0 Å². The van der Waals surface area contributed by atoms with Crippen molar-refractivity contribution in [3.8, 4) is 0 Å². The van der Waals surface area contributed by atoms with E-state index in [2.05, 4.69) is 31.1 Å². The van der Waals surface area contributed by atoms with Gasteiger partial charge in [-0.3, -0.25) is 4.99 Å². The van der Waals surface area contributed by atoms with E-state index < -0.39 is 0 Å². The van der Waals surface area contributed by atoms with Crippen LogP contribution < -0.4 is 5.32 Å². The predicted octanol–water partition coefficient (Wildman–Crippen LogP) is 1.71. The number of aliphatic hydroxyl groups is 1. The lowest BCUT2D eigenvalue weighted by molar-refractivity contribution is 0.109. The Bertz CT molecular complexity index is 196. The lowest BCUT2D eigenvalue weighted by Gasteiger charge is -2.25. The molecule has 1 aliphatic carbocycles. The summed E-state index contributed by atoms with van der Waals surface area (Å²) in [7, 11) is 0. The molecule has 0 aromatic rings. The van der Waals surface area contributed by atoms with Crippen molar-refractivity contribution in [2.45, 2.75) is 64.1 Å². The summed E-state index contributed by atoms with van der Waals surface area (Å²) in [6, 6.07) is 0.110. The third-order valence-corrected chi connectivity index (χ3v) is 2.46. The monoisotopic (exact) mass is 198 g/mol. The third kappa shape index (κ3) is 4.09. The number of aliphatic hydroxyl groups excluding tert-OH is 1. The molecule has 0 aliphatic heterocycles. The Morgan fingerprint density at radius 3 is 2.50 bits per heavy atom. The number of hydrogen-bond donors (Lipinski definition) is 2. The molecule has 0 amide bonds. The standard InChI is InChI=1S/C11H22N2O/c1-11(2,3)13-8-12-9-6-4-5-7-10(9)14/h8-10,14H,4-7H2,1-3H3,(H,12,13). The van der Waals surface area contributed by atoms with Crippen molar-refractivity contribution in [3.05, 3.63) is 0 Å².